The average molecular weight is 281 g/mol. The summed E-state index contributed by atoms with van der Waals surface area (Å²) >= 11 is 0. The van der Waals surface area contributed by atoms with Crippen LogP contribution < -0.4 is 0 Å². The molecule has 1 N–H and O–H groups in total. The second-order valence-electron chi connectivity index (χ2n) is 4.65. The predicted molar refractivity (Wildman–Crippen MR) is 77.1 cm³/mol. The summed E-state index contributed by atoms with van der Waals surface area (Å²) in [5.41, 5.74) is 1.24. The van der Waals surface area contributed by atoms with Crippen molar-refractivity contribution in [2.24, 2.45) is 0 Å². The van der Waals surface area contributed by atoms with E-state index < -0.39 is 0 Å². The fourth-order valence-corrected chi connectivity index (χ4v) is 1.91. The Balaban J connectivity index is 2.79. The van der Waals surface area contributed by atoms with Crippen LogP contribution in [0.4, 0.5) is 0 Å². The molecule has 1 aromatic carbocycles. The number of ether oxygens (including phenoxy) is 2. The van der Waals surface area contributed by atoms with Crippen LogP contribution in [0.1, 0.15) is 22.3 Å². The summed E-state index contributed by atoms with van der Waals surface area (Å²) in [7, 11) is 3.23. The molecule has 1 aromatic rings. The molecule has 0 radical (unpaired) electrons. The van der Waals surface area contributed by atoms with Gasteiger partial charge in [-0.05, 0) is 31.0 Å². The number of amides is 1. The molecule has 0 saturated heterocycles. The number of rotatable bonds is 8. The Kier molecular flexibility index (Phi) is 7.04. The zero-order valence-electron chi connectivity index (χ0n) is 12.4. The highest BCUT2D eigenvalue weighted by atomic mass is 16.5. The number of carbonyl (C=O) groups excluding carboxylic acids is 1. The minimum absolute atomic E-state index is 0.0177. The maximum absolute atomic E-state index is 12.4. The number of carbonyl (C=O) groups is 1. The van der Waals surface area contributed by atoms with E-state index in [4.69, 9.17) is 9.47 Å². The standard InChI is InChI=1S/C15H23NO4/c1-12-5-6-13(14(17)11-12)15(18)16(8-10-20-3)7-4-9-19-2/h5-6,11,17H,4,7-10H2,1-3H3. The molecule has 0 atom stereocenters. The first-order chi connectivity index (χ1) is 9.60. The number of phenolic OH excluding ortho intramolecular Hbond substituents is 1. The lowest BCUT2D eigenvalue weighted by molar-refractivity contribution is 0.0671. The van der Waals surface area contributed by atoms with E-state index in [1.54, 1.807) is 31.3 Å². The van der Waals surface area contributed by atoms with Crippen molar-refractivity contribution in [2.75, 3.05) is 40.5 Å². The zero-order chi connectivity index (χ0) is 15.0. The highest BCUT2D eigenvalue weighted by Gasteiger charge is 2.18. The Morgan fingerprint density at radius 1 is 1.20 bits per heavy atom. The van der Waals surface area contributed by atoms with Gasteiger partial charge in [-0.25, -0.2) is 0 Å². The number of nitrogens with zero attached hydrogens (tertiary/aromatic N) is 1. The van der Waals surface area contributed by atoms with Crippen LogP contribution in [0.25, 0.3) is 0 Å². The van der Waals surface area contributed by atoms with Gasteiger partial charge in [0.1, 0.15) is 5.75 Å². The van der Waals surface area contributed by atoms with Gasteiger partial charge < -0.3 is 19.5 Å². The molecule has 1 rings (SSSR count). The SMILES string of the molecule is COCCCN(CCOC)C(=O)c1ccc(C)cc1O. The molecule has 0 aliphatic carbocycles. The first kappa shape index (κ1) is 16.5. The molecule has 0 aliphatic rings. The third-order valence-electron chi connectivity index (χ3n) is 3.01. The van der Waals surface area contributed by atoms with Gasteiger partial charge in [0, 0.05) is 33.9 Å². The Morgan fingerprint density at radius 2 is 1.90 bits per heavy atom. The summed E-state index contributed by atoms with van der Waals surface area (Å²) in [5.74, 6) is -0.167. The van der Waals surface area contributed by atoms with E-state index in [1.807, 2.05) is 13.0 Å². The Labute approximate surface area is 120 Å². The van der Waals surface area contributed by atoms with E-state index >= 15 is 0 Å². The third-order valence-corrected chi connectivity index (χ3v) is 3.01. The van der Waals surface area contributed by atoms with E-state index in [0.717, 1.165) is 12.0 Å². The van der Waals surface area contributed by atoms with Crippen LogP contribution in [-0.2, 0) is 9.47 Å². The van der Waals surface area contributed by atoms with E-state index in [1.165, 1.54) is 0 Å². The van der Waals surface area contributed by atoms with Crippen molar-refractivity contribution in [1.82, 2.24) is 4.90 Å². The van der Waals surface area contributed by atoms with Gasteiger partial charge in [0.25, 0.3) is 5.91 Å². The van der Waals surface area contributed by atoms with E-state index in [-0.39, 0.29) is 11.7 Å². The molecule has 112 valence electrons. The third kappa shape index (κ3) is 4.83. The van der Waals surface area contributed by atoms with Gasteiger partial charge in [0.2, 0.25) is 0 Å². The Morgan fingerprint density at radius 3 is 2.50 bits per heavy atom. The van der Waals surface area contributed by atoms with Crippen molar-refractivity contribution in [3.8, 4) is 5.75 Å². The lowest BCUT2D eigenvalue weighted by Gasteiger charge is -2.22. The number of hydrogen-bond donors (Lipinski definition) is 1. The molecule has 20 heavy (non-hydrogen) atoms. The second kappa shape index (κ2) is 8.55. The fraction of sp³-hybridized carbons (Fsp3) is 0.533. The number of aryl methyl sites for hydroxylation is 1. The number of benzene rings is 1. The van der Waals surface area contributed by atoms with Crippen molar-refractivity contribution in [2.45, 2.75) is 13.3 Å². The Bertz CT molecular complexity index is 434. The molecule has 0 aliphatic heterocycles. The van der Waals surface area contributed by atoms with Gasteiger partial charge in [-0.15, -0.1) is 0 Å². The minimum Gasteiger partial charge on any atom is -0.507 e. The van der Waals surface area contributed by atoms with Gasteiger partial charge in [0.15, 0.2) is 0 Å². The van der Waals surface area contributed by atoms with Crippen LogP contribution >= 0.6 is 0 Å². The highest BCUT2D eigenvalue weighted by Crippen LogP contribution is 2.20. The smallest absolute Gasteiger partial charge is 0.257 e. The zero-order valence-corrected chi connectivity index (χ0v) is 12.4. The lowest BCUT2D eigenvalue weighted by Crippen LogP contribution is -2.35. The van der Waals surface area contributed by atoms with Crippen LogP contribution in [0.3, 0.4) is 0 Å². The second-order valence-corrected chi connectivity index (χ2v) is 4.65. The first-order valence-corrected chi connectivity index (χ1v) is 6.67. The summed E-state index contributed by atoms with van der Waals surface area (Å²) < 4.78 is 10.0. The summed E-state index contributed by atoms with van der Waals surface area (Å²) in [5, 5.41) is 9.90. The van der Waals surface area contributed by atoms with Crippen LogP contribution in [0.5, 0.6) is 5.75 Å². The minimum atomic E-state index is -0.185. The normalized spacial score (nSPS) is 10.6. The number of hydrogen-bond acceptors (Lipinski definition) is 4. The van der Waals surface area contributed by atoms with Crippen LogP contribution in [0, 0.1) is 6.92 Å². The van der Waals surface area contributed by atoms with E-state index in [0.29, 0.717) is 31.9 Å². The maximum Gasteiger partial charge on any atom is 0.257 e. The van der Waals surface area contributed by atoms with Crippen LogP contribution in [0.15, 0.2) is 18.2 Å². The summed E-state index contributed by atoms with van der Waals surface area (Å²) in [6, 6.07) is 5.07. The van der Waals surface area contributed by atoms with Crippen molar-refractivity contribution in [1.29, 1.82) is 0 Å². The molecule has 5 heteroatoms. The van der Waals surface area contributed by atoms with Crippen molar-refractivity contribution in [3.63, 3.8) is 0 Å². The molecule has 0 aromatic heterocycles. The molecule has 0 fully saturated rings. The first-order valence-electron chi connectivity index (χ1n) is 6.67. The van der Waals surface area contributed by atoms with E-state index in [2.05, 4.69) is 0 Å². The fourth-order valence-electron chi connectivity index (χ4n) is 1.91. The highest BCUT2D eigenvalue weighted by molar-refractivity contribution is 5.96. The molecule has 0 bridgehead atoms. The van der Waals surface area contributed by atoms with Gasteiger partial charge in [0.05, 0.1) is 12.2 Å². The van der Waals surface area contributed by atoms with Gasteiger partial charge in [-0.3, -0.25) is 4.79 Å². The molecule has 0 heterocycles. The molecule has 0 saturated carbocycles. The van der Waals surface area contributed by atoms with Crippen LogP contribution in [0.2, 0.25) is 0 Å². The number of phenols is 1. The predicted octanol–water partition coefficient (Wildman–Crippen LogP) is 1.83. The molecular weight excluding hydrogens is 258 g/mol. The molecule has 0 unspecified atom stereocenters. The quantitative estimate of drug-likeness (QED) is 0.739. The lowest BCUT2D eigenvalue weighted by atomic mass is 10.1. The number of methoxy groups -OCH3 is 2. The largest absolute Gasteiger partial charge is 0.507 e. The molecular formula is C15H23NO4. The topological polar surface area (TPSA) is 59.0 Å². The maximum atomic E-state index is 12.4. The van der Waals surface area contributed by atoms with Gasteiger partial charge in [-0.2, -0.15) is 0 Å². The van der Waals surface area contributed by atoms with Crippen molar-refractivity contribution < 1.29 is 19.4 Å². The van der Waals surface area contributed by atoms with Crippen molar-refractivity contribution >= 4 is 5.91 Å². The van der Waals surface area contributed by atoms with Crippen LogP contribution in [-0.4, -0.2) is 56.4 Å². The summed E-state index contributed by atoms with van der Waals surface area (Å²) in [6.07, 6.45) is 0.749. The summed E-state index contributed by atoms with van der Waals surface area (Å²) in [6.45, 7) is 3.99. The summed E-state index contributed by atoms with van der Waals surface area (Å²) in [4.78, 5) is 14.1. The van der Waals surface area contributed by atoms with Crippen molar-refractivity contribution in [3.05, 3.63) is 29.3 Å². The average Bonchev–Trinajstić information content (AvgIpc) is 2.42. The Hall–Kier alpha value is -1.59. The van der Waals surface area contributed by atoms with Gasteiger partial charge >= 0.3 is 0 Å². The number of aromatic hydroxyl groups is 1. The molecule has 5 nitrogen and oxygen atoms in total. The van der Waals surface area contributed by atoms with Gasteiger partial charge in [-0.1, -0.05) is 6.07 Å². The molecule has 1 amide bonds. The molecule has 0 spiro atoms. The van der Waals surface area contributed by atoms with E-state index in [9.17, 15) is 9.90 Å². The monoisotopic (exact) mass is 281 g/mol.